The molecule has 5 heteroatoms. The fraction of sp³-hybridized carbons (Fsp3) is 0.176. The summed E-state index contributed by atoms with van der Waals surface area (Å²) >= 11 is 0. The van der Waals surface area contributed by atoms with E-state index in [4.69, 9.17) is 0 Å². The van der Waals surface area contributed by atoms with Crippen LogP contribution in [-0.4, -0.2) is 18.5 Å². The molecule has 114 valence electrons. The molecule has 0 saturated heterocycles. The van der Waals surface area contributed by atoms with Crippen LogP contribution in [0, 0.1) is 6.92 Å². The molecule has 2 rings (SSSR count). The molecule has 0 unspecified atom stereocenters. The minimum absolute atomic E-state index is 0.0650. The fourth-order valence-electron chi connectivity index (χ4n) is 1.83. The lowest BCUT2D eigenvalue weighted by molar-refractivity contribution is -0.120. The summed E-state index contributed by atoms with van der Waals surface area (Å²) in [7, 11) is 0. The van der Waals surface area contributed by atoms with Crippen molar-refractivity contribution in [2.45, 2.75) is 13.5 Å². The molecule has 0 saturated carbocycles. The van der Waals surface area contributed by atoms with Crippen molar-refractivity contribution in [2.24, 2.45) is 0 Å². The third-order valence-corrected chi connectivity index (χ3v) is 3.05. The molecule has 0 aromatic heterocycles. The number of urea groups is 1. The van der Waals surface area contributed by atoms with E-state index >= 15 is 0 Å². The molecule has 2 aromatic rings. The first-order chi connectivity index (χ1) is 10.6. The Morgan fingerprint density at radius 3 is 2.27 bits per heavy atom. The number of nitrogens with one attached hydrogen (secondary N) is 3. The lowest BCUT2D eigenvalue weighted by Gasteiger charge is -2.08. The minimum Gasteiger partial charge on any atom is -0.350 e. The number of amides is 3. The van der Waals surface area contributed by atoms with Gasteiger partial charge in [0.2, 0.25) is 5.91 Å². The highest BCUT2D eigenvalue weighted by atomic mass is 16.2. The Hall–Kier alpha value is -2.82. The van der Waals surface area contributed by atoms with Gasteiger partial charge in [-0.1, -0.05) is 48.0 Å². The average molecular weight is 297 g/mol. The van der Waals surface area contributed by atoms with Gasteiger partial charge in [-0.2, -0.15) is 0 Å². The van der Waals surface area contributed by atoms with Crippen LogP contribution in [0.4, 0.5) is 10.5 Å². The molecule has 0 aliphatic rings. The van der Waals surface area contributed by atoms with Gasteiger partial charge in [-0.15, -0.1) is 0 Å². The molecule has 0 radical (unpaired) electrons. The second-order valence-corrected chi connectivity index (χ2v) is 4.94. The summed E-state index contributed by atoms with van der Waals surface area (Å²) in [6.45, 7) is 2.39. The quantitative estimate of drug-likeness (QED) is 0.793. The number of anilines is 1. The monoisotopic (exact) mass is 297 g/mol. The maximum Gasteiger partial charge on any atom is 0.319 e. The third-order valence-electron chi connectivity index (χ3n) is 3.05. The van der Waals surface area contributed by atoms with Crippen molar-refractivity contribution in [3.05, 3.63) is 65.7 Å². The van der Waals surface area contributed by atoms with Crippen molar-refractivity contribution in [3.63, 3.8) is 0 Å². The number of aryl methyl sites for hydroxylation is 1. The predicted molar refractivity (Wildman–Crippen MR) is 86.5 cm³/mol. The zero-order valence-electron chi connectivity index (χ0n) is 12.4. The second-order valence-electron chi connectivity index (χ2n) is 4.94. The topological polar surface area (TPSA) is 70.2 Å². The van der Waals surface area contributed by atoms with Crippen LogP contribution in [0.3, 0.4) is 0 Å². The van der Waals surface area contributed by atoms with Crippen LogP contribution in [0.2, 0.25) is 0 Å². The molecule has 3 amide bonds. The molecule has 0 atom stereocenters. The van der Waals surface area contributed by atoms with Gasteiger partial charge in [-0.05, 0) is 24.6 Å². The zero-order valence-corrected chi connectivity index (χ0v) is 12.4. The number of benzene rings is 2. The fourth-order valence-corrected chi connectivity index (χ4v) is 1.83. The first-order valence-corrected chi connectivity index (χ1v) is 7.05. The Labute approximate surface area is 129 Å². The summed E-state index contributed by atoms with van der Waals surface area (Å²) in [4.78, 5) is 23.3. The molecule has 0 bridgehead atoms. The van der Waals surface area contributed by atoms with Crippen molar-refractivity contribution in [1.29, 1.82) is 0 Å². The number of para-hydroxylation sites is 1. The van der Waals surface area contributed by atoms with Gasteiger partial charge in [-0.25, -0.2) is 4.79 Å². The Bertz CT molecular complexity index is 624. The van der Waals surface area contributed by atoms with E-state index in [9.17, 15) is 9.59 Å². The van der Waals surface area contributed by atoms with E-state index in [2.05, 4.69) is 16.0 Å². The summed E-state index contributed by atoms with van der Waals surface area (Å²) < 4.78 is 0. The van der Waals surface area contributed by atoms with Crippen molar-refractivity contribution >= 4 is 17.6 Å². The van der Waals surface area contributed by atoms with Crippen LogP contribution in [0.1, 0.15) is 11.1 Å². The number of carbonyl (C=O) groups excluding carboxylic acids is 2. The van der Waals surface area contributed by atoms with Crippen LogP contribution < -0.4 is 16.0 Å². The van der Waals surface area contributed by atoms with Gasteiger partial charge in [0.1, 0.15) is 0 Å². The molecule has 22 heavy (non-hydrogen) atoms. The number of rotatable bonds is 5. The average Bonchev–Trinajstić information content (AvgIpc) is 2.53. The van der Waals surface area contributed by atoms with Gasteiger partial charge in [0.05, 0.1) is 6.54 Å². The van der Waals surface area contributed by atoms with E-state index < -0.39 is 6.03 Å². The number of hydrogen-bond acceptors (Lipinski definition) is 2. The van der Waals surface area contributed by atoms with Gasteiger partial charge in [-0.3, -0.25) is 4.79 Å². The van der Waals surface area contributed by atoms with Gasteiger partial charge in [0.15, 0.2) is 0 Å². The second kappa shape index (κ2) is 7.83. The highest BCUT2D eigenvalue weighted by Crippen LogP contribution is 2.04. The van der Waals surface area contributed by atoms with Gasteiger partial charge < -0.3 is 16.0 Å². The van der Waals surface area contributed by atoms with Crippen LogP contribution in [0.25, 0.3) is 0 Å². The van der Waals surface area contributed by atoms with Crippen LogP contribution in [-0.2, 0) is 11.3 Å². The summed E-state index contributed by atoms with van der Waals surface area (Å²) in [5.74, 6) is -0.233. The molecule has 0 fully saturated rings. The summed E-state index contributed by atoms with van der Waals surface area (Å²) in [6.07, 6.45) is 0. The Balaban J connectivity index is 1.69. The molecule has 0 spiro atoms. The van der Waals surface area contributed by atoms with Gasteiger partial charge in [0, 0.05) is 12.2 Å². The maximum atomic E-state index is 11.7. The Kier molecular flexibility index (Phi) is 5.54. The smallest absolute Gasteiger partial charge is 0.319 e. The number of hydrogen-bond donors (Lipinski definition) is 3. The lowest BCUT2D eigenvalue weighted by atomic mass is 10.1. The summed E-state index contributed by atoms with van der Waals surface area (Å²) in [5.41, 5.74) is 2.88. The molecular weight excluding hydrogens is 278 g/mol. The first kappa shape index (κ1) is 15.6. The highest BCUT2D eigenvalue weighted by molar-refractivity contribution is 5.92. The lowest BCUT2D eigenvalue weighted by Crippen LogP contribution is -2.38. The van der Waals surface area contributed by atoms with Crippen LogP contribution >= 0.6 is 0 Å². The van der Waals surface area contributed by atoms with Crippen LogP contribution in [0.15, 0.2) is 54.6 Å². The van der Waals surface area contributed by atoms with E-state index in [1.807, 2.05) is 49.4 Å². The predicted octanol–water partition coefficient (Wildman–Crippen LogP) is 2.43. The number of carbonyl (C=O) groups is 2. The van der Waals surface area contributed by atoms with Gasteiger partial charge >= 0.3 is 6.03 Å². The van der Waals surface area contributed by atoms with E-state index in [1.54, 1.807) is 12.1 Å². The van der Waals surface area contributed by atoms with E-state index in [1.165, 1.54) is 5.56 Å². The maximum absolute atomic E-state index is 11.7. The molecule has 2 aromatic carbocycles. The molecule has 5 nitrogen and oxygen atoms in total. The van der Waals surface area contributed by atoms with E-state index in [0.717, 1.165) is 5.56 Å². The van der Waals surface area contributed by atoms with Crippen molar-refractivity contribution in [1.82, 2.24) is 10.6 Å². The molecule has 3 N–H and O–H groups in total. The highest BCUT2D eigenvalue weighted by Gasteiger charge is 2.05. The summed E-state index contributed by atoms with van der Waals surface area (Å²) in [6, 6.07) is 16.6. The standard InChI is InChI=1S/C17H19N3O2/c1-13-7-9-14(10-8-13)11-18-16(21)12-19-17(22)20-15-5-3-2-4-6-15/h2-10H,11-12H2,1H3,(H,18,21)(H2,19,20,22). The van der Waals surface area contributed by atoms with E-state index in [-0.39, 0.29) is 12.5 Å². The first-order valence-electron chi connectivity index (χ1n) is 7.05. The van der Waals surface area contributed by atoms with Crippen molar-refractivity contribution in [3.8, 4) is 0 Å². The Morgan fingerprint density at radius 2 is 1.59 bits per heavy atom. The SMILES string of the molecule is Cc1ccc(CNC(=O)CNC(=O)Nc2ccccc2)cc1. The van der Waals surface area contributed by atoms with Crippen molar-refractivity contribution in [2.75, 3.05) is 11.9 Å². The molecule has 0 aliphatic carbocycles. The third kappa shape index (κ3) is 5.28. The molecule has 0 aliphatic heterocycles. The van der Waals surface area contributed by atoms with Crippen molar-refractivity contribution < 1.29 is 9.59 Å². The largest absolute Gasteiger partial charge is 0.350 e. The van der Waals surface area contributed by atoms with E-state index in [0.29, 0.717) is 12.2 Å². The molecular formula is C17H19N3O2. The zero-order chi connectivity index (χ0) is 15.8. The van der Waals surface area contributed by atoms with Crippen LogP contribution in [0.5, 0.6) is 0 Å². The van der Waals surface area contributed by atoms with Gasteiger partial charge in [0.25, 0.3) is 0 Å². The molecule has 0 heterocycles. The Morgan fingerprint density at radius 1 is 0.909 bits per heavy atom. The minimum atomic E-state index is -0.406. The normalized spacial score (nSPS) is 9.86. The summed E-state index contributed by atoms with van der Waals surface area (Å²) in [5, 5.41) is 7.92.